The van der Waals surface area contributed by atoms with Crippen LogP contribution in [0.5, 0.6) is 0 Å². The summed E-state index contributed by atoms with van der Waals surface area (Å²) in [7, 11) is 0. The van der Waals surface area contributed by atoms with Gasteiger partial charge in [0.2, 0.25) is 0 Å². The standard InChI is InChI=1S/C18H24O4/c1-18(2,3)22-17(20)15-11-7-10-14(15)16(19)21-12-13-8-5-4-6-9-13/h4-6,8-9,14-15H,7,10-12H2,1-3H3/t14-,15?/m1/s1. The van der Waals surface area contributed by atoms with Crippen molar-refractivity contribution in [2.24, 2.45) is 11.8 Å². The van der Waals surface area contributed by atoms with E-state index in [-0.39, 0.29) is 30.4 Å². The molecule has 0 spiro atoms. The summed E-state index contributed by atoms with van der Waals surface area (Å²) in [5.41, 5.74) is 0.417. The van der Waals surface area contributed by atoms with Gasteiger partial charge >= 0.3 is 11.9 Å². The maximum absolute atomic E-state index is 12.3. The smallest absolute Gasteiger partial charge is 0.310 e. The number of esters is 2. The van der Waals surface area contributed by atoms with Crippen LogP contribution in [-0.4, -0.2) is 17.5 Å². The van der Waals surface area contributed by atoms with Gasteiger partial charge in [-0.25, -0.2) is 0 Å². The van der Waals surface area contributed by atoms with E-state index in [9.17, 15) is 9.59 Å². The largest absolute Gasteiger partial charge is 0.461 e. The van der Waals surface area contributed by atoms with Gasteiger partial charge in [-0.15, -0.1) is 0 Å². The molecular formula is C18H24O4. The molecule has 4 heteroatoms. The van der Waals surface area contributed by atoms with Crippen molar-refractivity contribution >= 4 is 11.9 Å². The second-order valence-corrected chi connectivity index (χ2v) is 6.77. The van der Waals surface area contributed by atoms with Crippen LogP contribution in [0.2, 0.25) is 0 Å². The van der Waals surface area contributed by atoms with Crippen molar-refractivity contribution in [2.75, 3.05) is 0 Å². The molecule has 4 nitrogen and oxygen atoms in total. The Morgan fingerprint density at radius 1 is 1.05 bits per heavy atom. The van der Waals surface area contributed by atoms with Gasteiger partial charge in [0, 0.05) is 0 Å². The highest BCUT2D eigenvalue weighted by Crippen LogP contribution is 2.34. The normalized spacial score (nSPS) is 21.4. The predicted octanol–water partition coefficient (Wildman–Crippen LogP) is 3.49. The van der Waals surface area contributed by atoms with Gasteiger partial charge in [-0.1, -0.05) is 36.8 Å². The van der Waals surface area contributed by atoms with Crippen molar-refractivity contribution < 1.29 is 19.1 Å². The number of hydrogen-bond acceptors (Lipinski definition) is 4. The minimum absolute atomic E-state index is 0.247. The number of ether oxygens (including phenoxy) is 2. The summed E-state index contributed by atoms with van der Waals surface area (Å²) in [6, 6.07) is 9.55. The Hall–Kier alpha value is -1.84. The summed E-state index contributed by atoms with van der Waals surface area (Å²) in [6.45, 7) is 5.75. The molecule has 0 radical (unpaired) electrons. The summed E-state index contributed by atoms with van der Waals surface area (Å²) < 4.78 is 10.8. The molecule has 1 aromatic carbocycles. The number of carbonyl (C=O) groups is 2. The van der Waals surface area contributed by atoms with Crippen LogP contribution in [0.1, 0.15) is 45.6 Å². The van der Waals surface area contributed by atoms with Crippen molar-refractivity contribution in [3.8, 4) is 0 Å². The molecule has 0 N–H and O–H groups in total. The molecule has 0 aromatic heterocycles. The molecule has 0 heterocycles. The first-order chi connectivity index (χ1) is 10.4. The van der Waals surface area contributed by atoms with Gasteiger partial charge in [0.1, 0.15) is 12.2 Å². The molecule has 22 heavy (non-hydrogen) atoms. The van der Waals surface area contributed by atoms with Crippen LogP contribution < -0.4 is 0 Å². The zero-order chi connectivity index (χ0) is 16.2. The quantitative estimate of drug-likeness (QED) is 0.799. The third kappa shape index (κ3) is 4.58. The molecule has 0 aliphatic heterocycles. The Bertz CT molecular complexity index is 516. The highest BCUT2D eigenvalue weighted by atomic mass is 16.6. The fraction of sp³-hybridized carbons (Fsp3) is 0.556. The number of benzene rings is 1. The minimum Gasteiger partial charge on any atom is -0.461 e. The third-order valence-corrected chi connectivity index (χ3v) is 3.75. The molecule has 1 saturated carbocycles. The summed E-state index contributed by atoms with van der Waals surface area (Å²) in [5, 5.41) is 0. The molecule has 0 saturated heterocycles. The fourth-order valence-corrected chi connectivity index (χ4v) is 2.74. The Balaban J connectivity index is 1.92. The SMILES string of the molecule is CC(C)(C)OC(=O)C1CCC[C@H]1C(=O)OCc1ccccc1. The van der Waals surface area contributed by atoms with Crippen LogP contribution in [0.3, 0.4) is 0 Å². The topological polar surface area (TPSA) is 52.6 Å². The molecule has 0 amide bonds. The maximum Gasteiger partial charge on any atom is 0.310 e. The summed E-state index contributed by atoms with van der Waals surface area (Å²) in [5.74, 6) is -1.33. The van der Waals surface area contributed by atoms with Crippen molar-refractivity contribution in [1.82, 2.24) is 0 Å². The average Bonchev–Trinajstić information content (AvgIpc) is 2.93. The summed E-state index contributed by atoms with van der Waals surface area (Å²) in [6.07, 6.45) is 2.24. The van der Waals surface area contributed by atoms with Gasteiger partial charge in [0.25, 0.3) is 0 Å². The van der Waals surface area contributed by atoms with Gasteiger partial charge in [-0.05, 0) is 39.2 Å². The first kappa shape index (κ1) is 16.5. The van der Waals surface area contributed by atoms with Gasteiger partial charge in [0.05, 0.1) is 11.8 Å². The molecule has 1 aliphatic carbocycles. The Morgan fingerprint density at radius 2 is 1.64 bits per heavy atom. The van der Waals surface area contributed by atoms with E-state index in [0.717, 1.165) is 12.0 Å². The van der Waals surface area contributed by atoms with Crippen LogP contribution in [0, 0.1) is 11.8 Å². The molecule has 1 aliphatic rings. The molecule has 1 unspecified atom stereocenters. The van der Waals surface area contributed by atoms with Crippen LogP contribution in [0.25, 0.3) is 0 Å². The van der Waals surface area contributed by atoms with E-state index in [0.29, 0.717) is 12.8 Å². The van der Waals surface area contributed by atoms with Crippen LogP contribution >= 0.6 is 0 Å². The van der Waals surface area contributed by atoms with Crippen molar-refractivity contribution in [3.63, 3.8) is 0 Å². The van der Waals surface area contributed by atoms with E-state index in [1.807, 2.05) is 51.1 Å². The van der Waals surface area contributed by atoms with Gasteiger partial charge in [-0.2, -0.15) is 0 Å². The lowest BCUT2D eigenvalue weighted by Crippen LogP contribution is -2.33. The molecule has 0 bridgehead atoms. The molecule has 2 rings (SSSR count). The lowest BCUT2D eigenvalue weighted by molar-refractivity contribution is -0.167. The maximum atomic E-state index is 12.3. The number of hydrogen-bond donors (Lipinski definition) is 0. The zero-order valence-corrected chi connectivity index (χ0v) is 13.5. The van der Waals surface area contributed by atoms with E-state index in [4.69, 9.17) is 9.47 Å². The molecular weight excluding hydrogens is 280 g/mol. The molecule has 120 valence electrons. The Morgan fingerprint density at radius 3 is 2.23 bits per heavy atom. The second kappa shape index (κ2) is 6.95. The fourth-order valence-electron chi connectivity index (χ4n) is 2.74. The van der Waals surface area contributed by atoms with E-state index in [1.54, 1.807) is 0 Å². The monoisotopic (exact) mass is 304 g/mol. The number of rotatable bonds is 4. The predicted molar refractivity (Wildman–Crippen MR) is 82.9 cm³/mol. The lowest BCUT2D eigenvalue weighted by Gasteiger charge is -2.24. The summed E-state index contributed by atoms with van der Waals surface area (Å²) in [4.78, 5) is 24.5. The highest BCUT2D eigenvalue weighted by Gasteiger charge is 2.40. The summed E-state index contributed by atoms with van der Waals surface area (Å²) >= 11 is 0. The molecule has 2 atom stereocenters. The van der Waals surface area contributed by atoms with Gasteiger partial charge < -0.3 is 9.47 Å². The van der Waals surface area contributed by atoms with Gasteiger partial charge in [0.15, 0.2) is 0 Å². The second-order valence-electron chi connectivity index (χ2n) is 6.77. The minimum atomic E-state index is -0.530. The first-order valence-corrected chi connectivity index (χ1v) is 7.80. The van der Waals surface area contributed by atoms with E-state index in [1.165, 1.54) is 0 Å². The van der Waals surface area contributed by atoms with Crippen molar-refractivity contribution in [1.29, 1.82) is 0 Å². The third-order valence-electron chi connectivity index (χ3n) is 3.75. The van der Waals surface area contributed by atoms with E-state index in [2.05, 4.69) is 0 Å². The van der Waals surface area contributed by atoms with Crippen LogP contribution in [0.4, 0.5) is 0 Å². The molecule has 1 aromatic rings. The van der Waals surface area contributed by atoms with Crippen molar-refractivity contribution in [2.45, 2.75) is 52.2 Å². The Labute approximate surface area is 131 Å². The van der Waals surface area contributed by atoms with E-state index >= 15 is 0 Å². The van der Waals surface area contributed by atoms with Gasteiger partial charge in [-0.3, -0.25) is 9.59 Å². The first-order valence-electron chi connectivity index (χ1n) is 7.80. The lowest BCUT2D eigenvalue weighted by atomic mass is 9.96. The zero-order valence-electron chi connectivity index (χ0n) is 13.5. The highest BCUT2D eigenvalue weighted by molar-refractivity contribution is 5.82. The average molecular weight is 304 g/mol. The van der Waals surface area contributed by atoms with Crippen LogP contribution in [0.15, 0.2) is 30.3 Å². The van der Waals surface area contributed by atoms with Crippen molar-refractivity contribution in [3.05, 3.63) is 35.9 Å². The Kier molecular flexibility index (Phi) is 5.22. The van der Waals surface area contributed by atoms with E-state index < -0.39 is 5.60 Å². The molecule has 1 fully saturated rings. The number of carbonyl (C=O) groups excluding carboxylic acids is 2. The van der Waals surface area contributed by atoms with Crippen LogP contribution in [-0.2, 0) is 25.7 Å².